The van der Waals surface area contributed by atoms with Gasteiger partial charge in [-0.05, 0) is 165 Å². The van der Waals surface area contributed by atoms with Gasteiger partial charge in [0.05, 0.1) is 0 Å². The van der Waals surface area contributed by atoms with Crippen LogP contribution >= 0.6 is 0 Å². The van der Waals surface area contributed by atoms with E-state index in [1.807, 2.05) is 101 Å². The van der Waals surface area contributed by atoms with Crippen molar-refractivity contribution in [2.24, 2.45) is 10.8 Å². The summed E-state index contributed by atoms with van der Waals surface area (Å²) in [4.78, 5) is 52.5. The van der Waals surface area contributed by atoms with Crippen LogP contribution in [-0.4, -0.2) is 35.7 Å². The number of ether oxygens (including phenoxy) is 2. The van der Waals surface area contributed by atoms with Crippen molar-refractivity contribution in [2.75, 3.05) is 0 Å². The van der Waals surface area contributed by atoms with E-state index in [0.717, 1.165) is 110 Å². The van der Waals surface area contributed by atoms with Crippen molar-refractivity contribution in [3.8, 4) is 0 Å². The number of Topliss-reactive ketones (excluding diaryl/α,β-unsaturated/α-hetero) is 2. The molecule has 0 spiro atoms. The van der Waals surface area contributed by atoms with E-state index >= 15 is 0 Å². The maximum atomic E-state index is 13.4. The van der Waals surface area contributed by atoms with E-state index in [9.17, 15) is 19.2 Å². The maximum absolute atomic E-state index is 13.4. The Kier molecular flexibility index (Phi) is 42.0. The zero-order valence-corrected chi connectivity index (χ0v) is 57.3. The molecule has 0 aromatic heterocycles. The highest BCUT2D eigenvalue weighted by Crippen LogP contribution is 2.42. The third kappa shape index (κ3) is 36.7. The lowest BCUT2D eigenvalue weighted by Crippen LogP contribution is -2.39. The second kappa shape index (κ2) is 48.2. The molecule has 2 aliphatic carbocycles. The van der Waals surface area contributed by atoms with Gasteiger partial charge in [0.2, 0.25) is 0 Å². The third-order valence-electron chi connectivity index (χ3n) is 15.0. The molecule has 0 saturated heterocycles. The van der Waals surface area contributed by atoms with E-state index in [1.165, 1.54) is 0 Å². The van der Waals surface area contributed by atoms with Crippen molar-refractivity contribution in [3.05, 3.63) is 275 Å². The molecule has 2 rings (SSSR count). The quantitative estimate of drug-likeness (QED) is 0.0345. The lowest BCUT2D eigenvalue weighted by molar-refractivity contribution is -0.156. The van der Waals surface area contributed by atoms with Gasteiger partial charge in [0.15, 0.2) is 23.8 Å². The molecule has 0 N–H and O–H groups in total. The van der Waals surface area contributed by atoms with Crippen LogP contribution < -0.4 is 0 Å². The molecule has 0 fully saturated rings. The van der Waals surface area contributed by atoms with E-state index < -0.39 is 12.2 Å². The first kappa shape index (κ1) is 78.4. The van der Waals surface area contributed by atoms with Crippen molar-refractivity contribution >= 4 is 23.5 Å². The lowest BCUT2D eigenvalue weighted by Gasteiger charge is -2.36. The first-order chi connectivity index (χ1) is 43.3. The molecule has 0 aliphatic heterocycles. The molecule has 0 aromatic rings. The minimum absolute atomic E-state index is 0.127. The number of hydrogen-bond acceptors (Lipinski definition) is 6. The Labute approximate surface area is 546 Å². The van der Waals surface area contributed by atoms with Crippen LogP contribution in [0.5, 0.6) is 0 Å². The van der Waals surface area contributed by atoms with Crippen molar-refractivity contribution in [3.63, 3.8) is 0 Å². The van der Waals surface area contributed by atoms with Gasteiger partial charge < -0.3 is 9.47 Å². The summed E-state index contributed by atoms with van der Waals surface area (Å²) in [7, 11) is 0. The highest BCUT2D eigenvalue weighted by Gasteiger charge is 2.41. The molecule has 6 heteroatoms. The number of hydrogen-bond donors (Lipinski definition) is 0. The number of rotatable bonds is 40. The smallest absolute Gasteiger partial charge is 0.306 e. The standard InChI is InChI=1S/C84H112O6/c1-13-15-17-19-21-23-25-27-29-31-33-35-37-39-41-43-45-47-49-61-79(85)89-77-67-83(9,10)75(73(7)81(77)87)65-63-71(5)59-53-57-69(3)55-51-52-56-70(4)58-54-60-72(6)64-66-76-74(8)82(88)78(68-84(76,11)12)90-80(86)62-50-48-46-44-42-40-38-36-34-32-30-28-26-24-22-20-18-16-14-2/h15-18,21-24,27-30,33-36,39-42,45-48,51-60,63-66,77-78H,13-14,19-20,25-26,31-32,37-38,43-44,49-50,61-62,67-68H2,1-12H3/b17-15-,18-16-,23-21-,24-22-,29-27-,30-28-,35-33-,36-34-,41-39-,42-40-,47-45-,48-46-,52-51+,57-53+,58-54+,65-63+,66-64+,69-55+,70-56+,71-59+,72-60+/t77-,78-/m0/s1. The van der Waals surface area contributed by atoms with Gasteiger partial charge in [0.1, 0.15) is 0 Å². The topological polar surface area (TPSA) is 86.7 Å². The summed E-state index contributed by atoms with van der Waals surface area (Å²) < 4.78 is 11.5. The molecule has 90 heavy (non-hydrogen) atoms. The van der Waals surface area contributed by atoms with Gasteiger partial charge in [-0.3, -0.25) is 19.2 Å². The Balaban J connectivity index is 1.78. The normalized spacial score (nSPS) is 19.0. The largest absolute Gasteiger partial charge is 0.454 e. The molecule has 0 heterocycles. The van der Waals surface area contributed by atoms with Crippen LogP contribution in [0, 0.1) is 10.8 Å². The molecule has 0 unspecified atom stereocenters. The number of ketones is 2. The first-order valence-electron chi connectivity index (χ1n) is 33.1. The molecule has 0 bridgehead atoms. The highest BCUT2D eigenvalue weighted by atomic mass is 16.6. The van der Waals surface area contributed by atoms with Gasteiger partial charge in [-0.1, -0.05) is 295 Å². The molecule has 0 amide bonds. The molecular formula is C84H112O6. The molecule has 484 valence electrons. The van der Waals surface area contributed by atoms with Crippen LogP contribution in [0.15, 0.2) is 275 Å². The summed E-state index contributed by atoms with van der Waals surface area (Å²) in [6.07, 6.45) is 92.7. The van der Waals surface area contributed by atoms with Crippen LogP contribution in [0.2, 0.25) is 0 Å². The van der Waals surface area contributed by atoms with Gasteiger partial charge in [0, 0.05) is 25.7 Å². The predicted octanol–water partition coefficient (Wildman–Crippen LogP) is 23.0. The Morgan fingerprint density at radius 1 is 0.378 bits per heavy atom. The minimum Gasteiger partial charge on any atom is -0.454 e. The number of esters is 2. The fourth-order valence-corrected chi connectivity index (χ4v) is 9.87. The van der Waals surface area contributed by atoms with Crippen molar-refractivity contribution < 1.29 is 28.7 Å². The molecule has 2 aliphatic rings. The van der Waals surface area contributed by atoms with E-state index in [2.05, 4.69) is 213 Å². The molecule has 6 nitrogen and oxygen atoms in total. The van der Waals surface area contributed by atoms with Gasteiger partial charge in [-0.2, -0.15) is 0 Å². The summed E-state index contributed by atoms with van der Waals surface area (Å²) >= 11 is 0. The average molecular weight is 1220 g/mol. The molecular weight excluding hydrogens is 1100 g/mol. The van der Waals surface area contributed by atoms with Gasteiger partial charge in [-0.25, -0.2) is 0 Å². The van der Waals surface area contributed by atoms with Crippen LogP contribution in [0.4, 0.5) is 0 Å². The number of carbonyl (C=O) groups is 4. The molecule has 0 saturated carbocycles. The van der Waals surface area contributed by atoms with Crippen LogP contribution in [-0.2, 0) is 28.7 Å². The van der Waals surface area contributed by atoms with Gasteiger partial charge >= 0.3 is 11.9 Å². The third-order valence-corrected chi connectivity index (χ3v) is 15.0. The Hall–Kier alpha value is -7.70. The zero-order valence-electron chi connectivity index (χ0n) is 57.3. The maximum Gasteiger partial charge on any atom is 0.306 e. The summed E-state index contributed by atoms with van der Waals surface area (Å²) in [5.41, 5.74) is 6.78. The molecule has 2 atom stereocenters. The first-order valence-corrected chi connectivity index (χ1v) is 33.1. The number of carbonyl (C=O) groups excluding carboxylic acids is 4. The van der Waals surface area contributed by atoms with Crippen molar-refractivity contribution in [1.82, 2.24) is 0 Å². The Morgan fingerprint density at radius 3 is 0.900 bits per heavy atom. The van der Waals surface area contributed by atoms with E-state index in [4.69, 9.17) is 9.47 Å². The predicted molar refractivity (Wildman–Crippen MR) is 388 cm³/mol. The Morgan fingerprint density at radius 2 is 0.622 bits per heavy atom. The number of allylic oxidation sites excluding steroid dienone is 44. The SMILES string of the molecule is CC/C=C\C/C=C\C/C=C\C/C=C\C/C=C\C/C=C\CCC(=O)O[C@H]1CC(C)(C)C(/C=C/C(C)=C/C=C/C(C)=C/C=C/C=C(C)/C=C/C=C(C)/C=C/C2=C(C)C(=O)[C@@H](OC(=O)CC/C=C\C/C=C\C/C=C\C/C=C\C/C=C\C/C=C\CC)CC2(C)C)=C(C)C1=O. The molecule has 0 radical (unpaired) electrons. The minimum atomic E-state index is -0.776. The summed E-state index contributed by atoms with van der Waals surface area (Å²) in [6, 6.07) is 0. The van der Waals surface area contributed by atoms with E-state index in [0.29, 0.717) is 36.8 Å². The van der Waals surface area contributed by atoms with E-state index in [-0.39, 0.29) is 47.2 Å². The zero-order chi connectivity index (χ0) is 66.1. The second-order valence-electron chi connectivity index (χ2n) is 24.3. The van der Waals surface area contributed by atoms with Crippen LogP contribution in [0.1, 0.15) is 199 Å². The fourth-order valence-electron chi connectivity index (χ4n) is 9.87. The van der Waals surface area contributed by atoms with Crippen LogP contribution in [0.3, 0.4) is 0 Å². The average Bonchev–Trinajstić information content (AvgIpc) is 1.13. The van der Waals surface area contributed by atoms with Gasteiger partial charge in [-0.15, -0.1) is 0 Å². The van der Waals surface area contributed by atoms with E-state index in [1.54, 1.807) is 0 Å². The monoisotopic (exact) mass is 1220 g/mol. The van der Waals surface area contributed by atoms with Crippen LogP contribution in [0.25, 0.3) is 0 Å². The fraction of sp³-hybridized carbons (Fsp3) is 0.405. The van der Waals surface area contributed by atoms with Crippen molar-refractivity contribution in [1.29, 1.82) is 0 Å². The summed E-state index contributed by atoms with van der Waals surface area (Å²) in [5, 5.41) is 0. The lowest BCUT2D eigenvalue weighted by atomic mass is 9.71. The summed E-state index contributed by atoms with van der Waals surface area (Å²) in [6.45, 7) is 24.6. The second-order valence-corrected chi connectivity index (χ2v) is 24.3. The molecule has 0 aromatic carbocycles. The highest BCUT2D eigenvalue weighted by molar-refractivity contribution is 6.02. The van der Waals surface area contributed by atoms with Crippen molar-refractivity contribution in [2.45, 2.75) is 211 Å². The summed E-state index contributed by atoms with van der Waals surface area (Å²) in [5.74, 6) is -0.946. The Bertz CT molecular complexity index is 2780. The van der Waals surface area contributed by atoms with Gasteiger partial charge in [0.25, 0.3) is 0 Å².